The van der Waals surface area contributed by atoms with E-state index >= 15 is 0 Å². The molecule has 9 nitrogen and oxygen atoms in total. The fourth-order valence-corrected chi connectivity index (χ4v) is 4.07. The first kappa shape index (κ1) is 17.2. The van der Waals surface area contributed by atoms with Crippen molar-refractivity contribution in [1.29, 1.82) is 0 Å². The number of piperidine rings is 1. The Bertz CT molecular complexity index is 834. The number of nitrogens with zero attached hydrogens (tertiary/aromatic N) is 4. The van der Waals surface area contributed by atoms with Crippen molar-refractivity contribution < 1.29 is 18.1 Å². The molecule has 0 atom stereocenters. The summed E-state index contributed by atoms with van der Waals surface area (Å²) in [5.74, 6) is 0.465. The predicted octanol–water partition coefficient (Wildman–Crippen LogP) is 1.62. The van der Waals surface area contributed by atoms with E-state index in [4.69, 9.17) is 4.74 Å². The van der Waals surface area contributed by atoms with Gasteiger partial charge in [-0.15, -0.1) is 0 Å². The van der Waals surface area contributed by atoms with Gasteiger partial charge in [-0.1, -0.05) is 0 Å². The van der Waals surface area contributed by atoms with Gasteiger partial charge in [0.05, 0.1) is 9.82 Å². The Labute approximate surface area is 144 Å². The zero-order valence-corrected chi connectivity index (χ0v) is 14.0. The Hall–Kier alpha value is -2.59. The first-order valence-electron chi connectivity index (χ1n) is 7.64. The maximum Gasteiger partial charge on any atom is 0.269 e. The molecule has 1 aromatic heterocycles. The van der Waals surface area contributed by atoms with E-state index in [1.165, 1.54) is 34.9 Å². The summed E-state index contributed by atoms with van der Waals surface area (Å²) in [4.78, 5) is 18.0. The quantitative estimate of drug-likeness (QED) is 0.584. The van der Waals surface area contributed by atoms with Gasteiger partial charge >= 0.3 is 0 Å². The molecule has 1 aliphatic rings. The van der Waals surface area contributed by atoms with Crippen LogP contribution in [-0.4, -0.2) is 46.8 Å². The van der Waals surface area contributed by atoms with Gasteiger partial charge in [0.2, 0.25) is 15.9 Å². The van der Waals surface area contributed by atoms with Gasteiger partial charge in [0.15, 0.2) is 0 Å². The van der Waals surface area contributed by atoms with Gasteiger partial charge < -0.3 is 4.74 Å². The Morgan fingerprint density at radius 3 is 2.40 bits per heavy atom. The van der Waals surface area contributed by atoms with E-state index in [0.717, 1.165) is 0 Å². The molecule has 3 rings (SSSR count). The van der Waals surface area contributed by atoms with E-state index in [9.17, 15) is 18.5 Å². The molecule has 2 aromatic rings. The standard InChI is InChI=1S/C15H16N4O5S/c20-19(21)12-1-3-14(4-2-12)25(22,23)18-9-6-13(7-10-18)24-15-5-8-16-11-17-15/h1-5,8,11,13H,6-7,9-10H2. The molecule has 0 unspecified atom stereocenters. The SMILES string of the molecule is O=[N+]([O-])c1ccc(S(=O)(=O)N2CCC(Oc3ccncn3)CC2)cc1. The van der Waals surface area contributed by atoms with Gasteiger partial charge in [0, 0.05) is 37.5 Å². The highest BCUT2D eigenvalue weighted by atomic mass is 32.2. The number of ether oxygens (including phenoxy) is 1. The predicted molar refractivity (Wildman–Crippen MR) is 87.5 cm³/mol. The third-order valence-electron chi connectivity index (χ3n) is 3.93. The summed E-state index contributed by atoms with van der Waals surface area (Å²) in [6, 6.07) is 6.56. The third-order valence-corrected chi connectivity index (χ3v) is 5.84. The molecule has 0 aliphatic carbocycles. The summed E-state index contributed by atoms with van der Waals surface area (Å²) in [6.07, 6.45) is 3.94. The molecule has 0 radical (unpaired) electrons. The largest absolute Gasteiger partial charge is 0.474 e. The number of non-ortho nitro benzene ring substituents is 1. The second kappa shape index (κ2) is 7.11. The van der Waals surface area contributed by atoms with Gasteiger partial charge in [0.25, 0.3) is 5.69 Å². The van der Waals surface area contributed by atoms with Gasteiger partial charge in [0.1, 0.15) is 12.4 Å². The topological polar surface area (TPSA) is 116 Å². The minimum Gasteiger partial charge on any atom is -0.474 e. The molecule has 1 saturated heterocycles. The smallest absolute Gasteiger partial charge is 0.269 e. The highest BCUT2D eigenvalue weighted by molar-refractivity contribution is 7.89. The summed E-state index contributed by atoms with van der Waals surface area (Å²) in [7, 11) is -3.67. The van der Waals surface area contributed by atoms with Crippen molar-refractivity contribution in [3.05, 3.63) is 53.0 Å². The summed E-state index contributed by atoms with van der Waals surface area (Å²) < 4.78 is 32.3. The average Bonchev–Trinajstić information content (AvgIpc) is 2.63. The molecule has 0 bridgehead atoms. The van der Waals surface area contributed by atoms with Gasteiger partial charge in [-0.25, -0.2) is 18.4 Å². The molecule has 1 fully saturated rings. The molecule has 0 N–H and O–H groups in total. The fourth-order valence-electron chi connectivity index (χ4n) is 2.60. The van der Waals surface area contributed by atoms with Crippen LogP contribution in [0.25, 0.3) is 0 Å². The molecule has 0 amide bonds. The minimum absolute atomic E-state index is 0.0493. The first-order chi connectivity index (χ1) is 12.0. The van der Waals surface area contributed by atoms with Crippen LogP contribution in [0, 0.1) is 10.1 Å². The molecule has 1 aromatic carbocycles. The van der Waals surface area contributed by atoms with Crippen LogP contribution in [0.4, 0.5) is 5.69 Å². The molecule has 0 spiro atoms. The number of aromatic nitrogens is 2. The Morgan fingerprint density at radius 1 is 1.16 bits per heavy atom. The van der Waals surface area contributed by atoms with Gasteiger partial charge in [-0.05, 0) is 25.0 Å². The Balaban J connectivity index is 1.64. The van der Waals surface area contributed by atoms with Crippen molar-refractivity contribution in [2.75, 3.05) is 13.1 Å². The van der Waals surface area contributed by atoms with E-state index in [-0.39, 0.29) is 16.7 Å². The van der Waals surface area contributed by atoms with E-state index < -0.39 is 14.9 Å². The highest BCUT2D eigenvalue weighted by Crippen LogP contribution is 2.24. The molecule has 0 saturated carbocycles. The van der Waals surface area contributed by atoms with Crippen molar-refractivity contribution >= 4 is 15.7 Å². The molecular formula is C15H16N4O5S. The molecule has 2 heterocycles. The number of hydrogen-bond acceptors (Lipinski definition) is 7. The molecule has 10 heteroatoms. The normalized spacial score (nSPS) is 16.5. The van der Waals surface area contributed by atoms with Crippen LogP contribution in [-0.2, 0) is 10.0 Å². The van der Waals surface area contributed by atoms with Crippen LogP contribution in [0.1, 0.15) is 12.8 Å². The average molecular weight is 364 g/mol. The molecule has 132 valence electrons. The van der Waals surface area contributed by atoms with Crippen molar-refractivity contribution in [2.24, 2.45) is 0 Å². The van der Waals surface area contributed by atoms with Crippen LogP contribution >= 0.6 is 0 Å². The number of hydrogen-bond donors (Lipinski definition) is 0. The zero-order chi connectivity index (χ0) is 17.9. The van der Waals surface area contributed by atoms with Crippen molar-refractivity contribution in [1.82, 2.24) is 14.3 Å². The van der Waals surface area contributed by atoms with E-state index in [2.05, 4.69) is 9.97 Å². The molecule has 1 aliphatic heterocycles. The van der Waals surface area contributed by atoms with Crippen LogP contribution in [0.15, 0.2) is 47.8 Å². The summed E-state index contributed by atoms with van der Waals surface area (Å²) in [5, 5.41) is 10.7. The van der Waals surface area contributed by atoms with Crippen molar-refractivity contribution in [2.45, 2.75) is 23.8 Å². The van der Waals surface area contributed by atoms with Crippen molar-refractivity contribution in [3.8, 4) is 5.88 Å². The van der Waals surface area contributed by atoms with E-state index in [1.54, 1.807) is 12.3 Å². The maximum absolute atomic E-state index is 12.6. The minimum atomic E-state index is -3.67. The van der Waals surface area contributed by atoms with Crippen LogP contribution < -0.4 is 4.74 Å². The lowest BCUT2D eigenvalue weighted by Crippen LogP contribution is -2.41. The lowest BCUT2D eigenvalue weighted by atomic mass is 10.1. The maximum atomic E-state index is 12.6. The zero-order valence-electron chi connectivity index (χ0n) is 13.2. The summed E-state index contributed by atoms with van der Waals surface area (Å²) in [5.41, 5.74) is -0.143. The summed E-state index contributed by atoms with van der Waals surface area (Å²) >= 11 is 0. The van der Waals surface area contributed by atoms with Crippen LogP contribution in [0.2, 0.25) is 0 Å². The molecular weight excluding hydrogens is 348 g/mol. The lowest BCUT2D eigenvalue weighted by molar-refractivity contribution is -0.384. The van der Waals surface area contributed by atoms with Gasteiger partial charge in [-0.2, -0.15) is 4.31 Å². The second-order valence-electron chi connectivity index (χ2n) is 5.52. The number of nitro benzene ring substituents is 1. The fraction of sp³-hybridized carbons (Fsp3) is 0.333. The first-order valence-corrected chi connectivity index (χ1v) is 9.08. The lowest BCUT2D eigenvalue weighted by Gasteiger charge is -2.31. The third kappa shape index (κ3) is 3.91. The summed E-state index contributed by atoms with van der Waals surface area (Å²) in [6.45, 7) is 0.629. The van der Waals surface area contributed by atoms with Crippen LogP contribution in [0.3, 0.4) is 0 Å². The monoisotopic (exact) mass is 364 g/mol. The van der Waals surface area contributed by atoms with E-state index in [1.807, 2.05) is 0 Å². The number of sulfonamides is 1. The Kier molecular flexibility index (Phi) is 4.91. The van der Waals surface area contributed by atoms with E-state index in [0.29, 0.717) is 31.8 Å². The number of nitro groups is 1. The number of rotatable bonds is 5. The number of benzene rings is 1. The van der Waals surface area contributed by atoms with Gasteiger partial charge in [-0.3, -0.25) is 10.1 Å². The van der Waals surface area contributed by atoms with Crippen molar-refractivity contribution in [3.63, 3.8) is 0 Å². The highest BCUT2D eigenvalue weighted by Gasteiger charge is 2.30. The Morgan fingerprint density at radius 2 is 1.84 bits per heavy atom. The van der Waals surface area contributed by atoms with Crippen LogP contribution in [0.5, 0.6) is 5.88 Å². The second-order valence-corrected chi connectivity index (χ2v) is 7.46. The molecule has 25 heavy (non-hydrogen) atoms.